The van der Waals surface area contributed by atoms with Crippen LogP contribution >= 0.6 is 0 Å². The lowest BCUT2D eigenvalue weighted by Gasteiger charge is -2.19. The van der Waals surface area contributed by atoms with Crippen LogP contribution < -0.4 is 0 Å². The summed E-state index contributed by atoms with van der Waals surface area (Å²) < 4.78 is 0. The summed E-state index contributed by atoms with van der Waals surface area (Å²) in [5, 5.41) is 8.98. The Bertz CT molecular complexity index is 1100. The van der Waals surface area contributed by atoms with Gasteiger partial charge in [0.1, 0.15) is 0 Å². The largest absolute Gasteiger partial charge is 0.0654 e. The van der Waals surface area contributed by atoms with Crippen LogP contribution in [-0.4, -0.2) is 0 Å². The zero-order valence-electron chi connectivity index (χ0n) is 22.4. The third-order valence-electron chi connectivity index (χ3n) is 8.08. The SMILES string of the molecule is CCCCCCCCc1cc(C)c2ccc3c(C)cc(CCCCCCCC)c4ccc1c2c34. The van der Waals surface area contributed by atoms with Gasteiger partial charge in [-0.3, -0.25) is 0 Å². The van der Waals surface area contributed by atoms with E-state index in [1.54, 1.807) is 11.1 Å². The Hall–Kier alpha value is -2.08. The zero-order valence-corrected chi connectivity index (χ0v) is 22.4. The maximum Gasteiger partial charge on any atom is -0.00212 e. The average molecular weight is 455 g/mol. The molecule has 0 heteroatoms. The van der Waals surface area contributed by atoms with Gasteiger partial charge in [-0.05, 0) is 94.1 Å². The lowest BCUT2D eigenvalue weighted by molar-refractivity contribution is 0.608. The number of hydrogen-bond acceptors (Lipinski definition) is 0. The van der Waals surface area contributed by atoms with Crippen molar-refractivity contribution >= 4 is 32.3 Å². The van der Waals surface area contributed by atoms with Gasteiger partial charge in [-0.15, -0.1) is 0 Å². The third-order valence-corrected chi connectivity index (χ3v) is 8.08. The van der Waals surface area contributed by atoms with Crippen LogP contribution in [0.15, 0.2) is 36.4 Å². The van der Waals surface area contributed by atoms with Gasteiger partial charge in [0.2, 0.25) is 0 Å². The first-order valence-electron chi connectivity index (χ1n) is 14.3. The van der Waals surface area contributed by atoms with Crippen molar-refractivity contribution in [1.82, 2.24) is 0 Å². The molecule has 0 amide bonds. The Morgan fingerprint density at radius 1 is 0.441 bits per heavy atom. The molecule has 0 aliphatic carbocycles. The Kier molecular flexibility index (Phi) is 8.87. The number of benzene rings is 4. The summed E-state index contributed by atoms with van der Waals surface area (Å²) in [5.41, 5.74) is 6.02. The highest BCUT2D eigenvalue weighted by atomic mass is 14.2. The van der Waals surface area contributed by atoms with E-state index in [2.05, 4.69) is 64.1 Å². The molecular formula is C34H46. The van der Waals surface area contributed by atoms with Crippen LogP contribution in [0.3, 0.4) is 0 Å². The molecule has 0 radical (unpaired) electrons. The number of hydrogen-bond donors (Lipinski definition) is 0. The summed E-state index contributed by atoms with van der Waals surface area (Å²) in [6.07, 6.45) is 18.8. The highest BCUT2D eigenvalue weighted by Gasteiger charge is 2.16. The molecule has 0 nitrogen and oxygen atoms in total. The Balaban J connectivity index is 1.65. The lowest BCUT2D eigenvalue weighted by Crippen LogP contribution is -1.97. The van der Waals surface area contributed by atoms with Crippen molar-refractivity contribution in [2.75, 3.05) is 0 Å². The molecule has 182 valence electrons. The first-order chi connectivity index (χ1) is 16.7. The van der Waals surface area contributed by atoms with Gasteiger partial charge < -0.3 is 0 Å². The van der Waals surface area contributed by atoms with Crippen molar-refractivity contribution < 1.29 is 0 Å². The molecule has 4 aromatic rings. The van der Waals surface area contributed by atoms with Crippen LogP contribution in [0.1, 0.15) is 113 Å². The van der Waals surface area contributed by atoms with E-state index in [1.165, 1.54) is 133 Å². The summed E-state index contributed by atoms with van der Waals surface area (Å²) in [6, 6.07) is 14.6. The third kappa shape index (κ3) is 5.42. The first kappa shape index (κ1) is 25.0. The van der Waals surface area contributed by atoms with E-state index >= 15 is 0 Å². The van der Waals surface area contributed by atoms with Crippen LogP contribution in [-0.2, 0) is 12.8 Å². The summed E-state index contributed by atoms with van der Waals surface area (Å²) in [7, 11) is 0. The molecule has 0 heterocycles. The van der Waals surface area contributed by atoms with E-state index in [-0.39, 0.29) is 0 Å². The molecular weight excluding hydrogens is 408 g/mol. The molecule has 0 aromatic heterocycles. The topological polar surface area (TPSA) is 0 Å². The molecule has 4 aromatic carbocycles. The molecule has 0 saturated heterocycles. The minimum atomic E-state index is 1.21. The quantitative estimate of drug-likeness (QED) is 0.131. The maximum atomic E-state index is 2.48. The molecule has 0 fully saturated rings. The molecule has 0 aliphatic heterocycles. The van der Waals surface area contributed by atoms with Crippen LogP contribution in [0.5, 0.6) is 0 Å². The normalized spacial score (nSPS) is 12.0. The van der Waals surface area contributed by atoms with Gasteiger partial charge in [-0.2, -0.15) is 0 Å². The second kappa shape index (κ2) is 12.1. The molecule has 0 aliphatic rings. The van der Waals surface area contributed by atoms with Crippen molar-refractivity contribution in [3.05, 3.63) is 58.7 Å². The molecule has 0 unspecified atom stereocenters. The number of aryl methyl sites for hydroxylation is 4. The summed E-state index contributed by atoms with van der Waals surface area (Å²) in [5.74, 6) is 0. The van der Waals surface area contributed by atoms with Crippen LogP contribution in [0, 0.1) is 13.8 Å². The van der Waals surface area contributed by atoms with Gasteiger partial charge in [0.15, 0.2) is 0 Å². The average Bonchev–Trinajstić information content (AvgIpc) is 2.84. The number of rotatable bonds is 14. The first-order valence-corrected chi connectivity index (χ1v) is 14.3. The highest BCUT2D eigenvalue weighted by molar-refractivity contribution is 6.25. The van der Waals surface area contributed by atoms with Crippen molar-refractivity contribution in [3.63, 3.8) is 0 Å². The zero-order chi connectivity index (χ0) is 23.9. The van der Waals surface area contributed by atoms with Gasteiger partial charge in [-0.25, -0.2) is 0 Å². The fourth-order valence-corrected chi connectivity index (χ4v) is 6.13. The lowest BCUT2D eigenvalue weighted by atomic mass is 9.85. The number of unbranched alkanes of at least 4 members (excludes halogenated alkanes) is 10. The second-order valence-corrected chi connectivity index (χ2v) is 10.8. The van der Waals surface area contributed by atoms with Crippen LogP contribution in [0.2, 0.25) is 0 Å². The second-order valence-electron chi connectivity index (χ2n) is 10.8. The Morgan fingerprint density at radius 2 is 0.794 bits per heavy atom. The van der Waals surface area contributed by atoms with Gasteiger partial charge in [0.25, 0.3) is 0 Å². The van der Waals surface area contributed by atoms with Crippen molar-refractivity contribution in [3.8, 4) is 0 Å². The van der Waals surface area contributed by atoms with Crippen molar-refractivity contribution in [1.29, 1.82) is 0 Å². The summed E-state index contributed by atoms with van der Waals surface area (Å²) >= 11 is 0. The minimum absolute atomic E-state index is 1.21. The molecule has 34 heavy (non-hydrogen) atoms. The van der Waals surface area contributed by atoms with E-state index in [9.17, 15) is 0 Å². The van der Waals surface area contributed by atoms with Crippen LogP contribution in [0.25, 0.3) is 32.3 Å². The van der Waals surface area contributed by atoms with Crippen LogP contribution in [0.4, 0.5) is 0 Å². The van der Waals surface area contributed by atoms with E-state index in [0.29, 0.717) is 0 Å². The van der Waals surface area contributed by atoms with Gasteiger partial charge in [0, 0.05) is 0 Å². The smallest absolute Gasteiger partial charge is 0.00212 e. The van der Waals surface area contributed by atoms with E-state index in [0.717, 1.165) is 0 Å². The fourth-order valence-electron chi connectivity index (χ4n) is 6.13. The molecule has 4 rings (SSSR count). The molecule has 0 N–H and O–H groups in total. The maximum absolute atomic E-state index is 2.48. The summed E-state index contributed by atoms with van der Waals surface area (Å²) in [4.78, 5) is 0. The van der Waals surface area contributed by atoms with Gasteiger partial charge in [-0.1, -0.05) is 114 Å². The molecule has 0 spiro atoms. The Morgan fingerprint density at radius 3 is 1.21 bits per heavy atom. The van der Waals surface area contributed by atoms with E-state index in [1.807, 2.05) is 0 Å². The summed E-state index contributed by atoms with van der Waals surface area (Å²) in [6.45, 7) is 9.24. The highest BCUT2D eigenvalue weighted by Crippen LogP contribution is 2.40. The molecule has 0 bridgehead atoms. The van der Waals surface area contributed by atoms with Gasteiger partial charge >= 0.3 is 0 Å². The van der Waals surface area contributed by atoms with Crippen molar-refractivity contribution in [2.45, 2.75) is 118 Å². The van der Waals surface area contributed by atoms with E-state index in [4.69, 9.17) is 0 Å². The fraction of sp³-hybridized carbons (Fsp3) is 0.529. The monoisotopic (exact) mass is 454 g/mol. The predicted molar refractivity (Wildman–Crippen MR) is 154 cm³/mol. The molecule has 0 saturated carbocycles. The molecule has 0 atom stereocenters. The minimum Gasteiger partial charge on any atom is -0.0654 e. The Labute approximate surface area is 208 Å². The standard InChI is InChI=1S/C34H46/c1-5-7-9-11-13-15-17-27-23-25(3)29-19-20-30-26(4)24-28(18-16-14-12-10-8-6-2)32-22-21-31(27)33(29)34(30)32/h19-24H,5-18H2,1-4H3. The van der Waals surface area contributed by atoms with E-state index < -0.39 is 0 Å². The van der Waals surface area contributed by atoms with Crippen molar-refractivity contribution in [2.24, 2.45) is 0 Å². The van der Waals surface area contributed by atoms with Gasteiger partial charge in [0.05, 0.1) is 0 Å². The predicted octanol–water partition coefficient (Wildman–Crippen LogP) is 11.0.